The van der Waals surface area contributed by atoms with Crippen molar-refractivity contribution < 1.29 is 27.4 Å². The molecule has 0 bridgehead atoms. The smallest absolute Gasteiger partial charge is 0.444 e. The molecule has 2 aromatic carbocycles. The zero-order valence-electron chi connectivity index (χ0n) is 13.6. The highest BCUT2D eigenvalue weighted by atomic mass is 19.4. The molecule has 2 unspecified atom stereocenters. The fourth-order valence-corrected chi connectivity index (χ4v) is 3.02. The van der Waals surface area contributed by atoms with Crippen LogP contribution < -0.4 is 4.74 Å². The van der Waals surface area contributed by atoms with Crippen molar-refractivity contribution in [3.63, 3.8) is 0 Å². The maximum atomic E-state index is 12.8. The average Bonchev–Trinajstić information content (AvgIpc) is 2.79. The molecule has 0 radical (unpaired) electrons. The first-order valence-electron chi connectivity index (χ1n) is 7.65. The number of carbonyl (C=O) groups excluding carboxylic acids is 1. The van der Waals surface area contributed by atoms with Crippen LogP contribution in [-0.4, -0.2) is 30.5 Å². The molecule has 1 heterocycles. The molecule has 0 spiro atoms. The summed E-state index contributed by atoms with van der Waals surface area (Å²) >= 11 is 0. The molecule has 1 fully saturated rings. The third kappa shape index (κ3) is 3.55. The van der Waals surface area contributed by atoms with Crippen LogP contribution in [0.2, 0.25) is 0 Å². The number of ether oxygens (including phenoxy) is 2. The summed E-state index contributed by atoms with van der Waals surface area (Å²) < 4.78 is 47.9. The maximum Gasteiger partial charge on any atom is 0.573 e. The van der Waals surface area contributed by atoms with Gasteiger partial charge in [0.1, 0.15) is 11.9 Å². The van der Waals surface area contributed by atoms with Gasteiger partial charge in [-0.15, -0.1) is 13.2 Å². The van der Waals surface area contributed by atoms with E-state index in [0.717, 1.165) is 0 Å². The summed E-state index contributed by atoms with van der Waals surface area (Å²) in [4.78, 5) is 13.0. The highest BCUT2D eigenvalue weighted by Crippen LogP contribution is 2.39. The van der Waals surface area contributed by atoms with E-state index < -0.39 is 24.6 Å². The van der Waals surface area contributed by atoms with Crippen molar-refractivity contribution in [2.24, 2.45) is 0 Å². The summed E-state index contributed by atoms with van der Waals surface area (Å²) in [5.41, 5.74) is 1.44. The van der Waals surface area contributed by atoms with Crippen molar-refractivity contribution >= 4 is 6.09 Å². The number of benzene rings is 2. The van der Waals surface area contributed by atoms with Crippen LogP contribution in [0, 0.1) is 0 Å². The van der Waals surface area contributed by atoms with E-state index in [0.29, 0.717) is 16.7 Å². The number of hydrogen-bond donors (Lipinski definition) is 0. The fraction of sp³-hybridized carbons (Fsp3) is 0.278. The second kappa shape index (κ2) is 6.31. The van der Waals surface area contributed by atoms with Gasteiger partial charge >= 0.3 is 12.5 Å². The summed E-state index contributed by atoms with van der Waals surface area (Å²) in [6.07, 6.45) is -5.80. The first-order valence-corrected chi connectivity index (χ1v) is 7.65. The lowest BCUT2D eigenvalue weighted by atomic mass is 9.97. The van der Waals surface area contributed by atoms with Crippen molar-refractivity contribution in [1.82, 2.24) is 4.90 Å². The van der Waals surface area contributed by atoms with Gasteiger partial charge in [0.15, 0.2) is 0 Å². The molecule has 0 saturated carbocycles. The van der Waals surface area contributed by atoms with Crippen LogP contribution in [0.1, 0.15) is 18.5 Å². The molecule has 25 heavy (non-hydrogen) atoms. The molecule has 0 N–H and O–H groups in total. The Balaban J connectivity index is 2.06. The topological polar surface area (TPSA) is 38.8 Å². The van der Waals surface area contributed by atoms with Crippen molar-refractivity contribution in [3.8, 4) is 16.9 Å². The van der Waals surface area contributed by atoms with Crippen molar-refractivity contribution in [3.05, 3.63) is 54.1 Å². The quantitative estimate of drug-likeness (QED) is 0.800. The van der Waals surface area contributed by atoms with Gasteiger partial charge in [-0.1, -0.05) is 42.5 Å². The van der Waals surface area contributed by atoms with Crippen LogP contribution in [0.15, 0.2) is 48.5 Å². The van der Waals surface area contributed by atoms with Gasteiger partial charge in [0.25, 0.3) is 0 Å². The predicted octanol–water partition coefficient (Wildman–Crippen LogP) is 4.76. The molecule has 4 nitrogen and oxygen atoms in total. The summed E-state index contributed by atoms with van der Waals surface area (Å²) in [6.45, 7) is 1.70. The minimum absolute atomic E-state index is 0.309. The zero-order chi connectivity index (χ0) is 18.2. The van der Waals surface area contributed by atoms with Crippen LogP contribution in [-0.2, 0) is 4.74 Å². The highest BCUT2D eigenvalue weighted by molar-refractivity contribution is 5.73. The number of cyclic esters (lactones) is 1. The summed E-state index contributed by atoms with van der Waals surface area (Å²) in [7, 11) is 1.55. The Kier molecular flexibility index (Phi) is 4.32. The Morgan fingerprint density at radius 1 is 1.12 bits per heavy atom. The van der Waals surface area contributed by atoms with E-state index in [1.165, 1.54) is 11.0 Å². The first kappa shape index (κ1) is 17.1. The first-order chi connectivity index (χ1) is 11.8. The molecule has 3 rings (SSSR count). The summed E-state index contributed by atoms with van der Waals surface area (Å²) in [6, 6.07) is 12.7. The van der Waals surface area contributed by atoms with Gasteiger partial charge in [0.2, 0.25) is 0 Å². The van der Waals surface area contributed by atoms with Crippen LogP contribution in [0.5, 0.6) is 5.75 Å². The molecule has 1 aliphatic rings. The lowest BCUT2D eigenvalue weighted by Crippen LogP contribution is -2.25. The molecule has 0 aliphatic carbocycles. The van der Waals surface area contributed by atoms with Crippen LogP contribution in [0.25, 0.3) is 11.1 Å². The van der Waals surface area contributed by atoms with E-state index in [1.54, 1.807) is 56.4 Å². The van der Waals surface area contributed by atoms with E-state index in [4.69, 9.17) is 4.74 Å². The number of nitrogens with zero attached hydrogens (tertiary/aromatic N) is 1. The number of carbonyl (C=O) groups is 1. The molecular formula is C18H16F3NO3. The number of alkyl halides is 3. The Morgan fingerprint density at radius 2 is 1.80 bits per heavy atom. The van der Waals surface area contributed by atoms with E-state index in [9.17, 15) is 18.0 Å². The molecule has 0 aromatic heterocycles. The van der Waals surface area contributed by atoms with Gasteiger partial charge in [-0.3, -0.25) is 0 Å². The Labute approximate surface area is 142 Å². The lowest BCUT2D eigenvalue weighted by Gasteiger charge is -2.22. The molecule has 2 atom stereocenters. The molecule has 1 aliphatic heterocycles. The molecule has 1 saturated heterocycles. The molecule has 2 aromatic rings. The van der Waals surface area contributed by atoms with Gasteiger partial charge in [0.05, 0.1) is 6.04 Å². The number of rotatable bonds is 3. The van der Waals surface area contributed by atoms with E-state index in [2.05, 4.69) is 4.74 Å². The van der Waals surface area contributed by atoms with E-state index >= 15 is 0 Å². The van der Waals surface area contributed by atoms with E-state index in [-0.39, 0.29) is 5.75 Å². The van der Waals surface area contributed by atoms with Crippen LogP contribution in [0.3, 0.4) is 0 Å². The maximum absolute atomic E-state index is 12.8. The van der Waals surface area contributed by atoms with Crippen molar-refractivity contribution in [2.75, 3.05) is 7.05 Å². The number of amides is 1. The van der Waals surface area contributed by atoms with Gasteiger partial charge in [-0.25, -0.2) is 4.79 Å². The van der Waals surface area contributed by atoms with E-state index in [1.807, 2.05) is 0 Å². The average molecular weight is 351 g/mol. The lowest BCUT2D eigenvalue weighted by molar-refractivity contribution is -0.274. The number of halogens is 3. The van der Waals surface area contributed by atoms with Gasteiger partial charge in [-0.2, -0.15) is 0 Å². The van der Waals surface area contributed by atoms with Gasteiger partial charge < -0.3 is 14.4 Å². The largest absolute Gasteiger partial charge is 0.573 e. The molecule has 1 amide bonds. The monoisotopic (exact) mass is 351 g/mol. The molecule has 7 heteroatoms. The number of hydrogen-bond acceptors (Lipinski definition) is 3. The van der Waals surface area contributed by atoms with Crippen LogP contribution in [0.4, 0.5) is 18.0 Å². The number of likely N-dealkylation sites (N-methyl/N-ethyl adjacent to an activating group) is 1. The molecule has 132 valence electrons. The van der Waals surface area contributed by atoms with Crippen molar-refractivity contribution in [2.45, 2.75) is 25.4 Å². The van der Waals surface area contributed by atoms with Gasteiger partial charge in [0, 0.05) is 12.6 Å². The minimum Gasteiger partial charge on any atom is -0.444 e. The summed E-state index contributed by atoms with van der Waals surface area (Å²) in [5.74, 6) is -0.309. The third-order valence-corrected chi connectivity index (χ3v) is 4.09. The Morgan fingerprint density at radius 3 is 2.36 bits per heavy atom. The minimum atomic E-state index is -4.82. The Hall–Kier alpha value is -2.70. The predicted molar refractivity (Wildman–Crippen MR) is 85.0 cm³/mol. The fourth-order valence-electron chi connectivity index (χ4n) is 3.02. The summed E-state index contributed by atoms with van der Waals surface area (Å²) in [5, 5.41) is 0. The second-order valence-electron chi connectivity index (χ2n) is 5.81. The highest BCUT2D eigenvalue weighted by Gasteiger charge is 2.39. The third-order valence-electron chi connectivity index (χ3n) is 4.09. The van der Waals surface area contributed by atoms with Gasteiger partial charge in [-0.05, 0) is 24.1 Å². The van der Waals surface area contributed by atoms with Crippen molar-refractivity contribution in [1.29, 1.82) is 0 Å². The standard InChI is InChI=1S/C18H16F3NO3/c1-11-16(22(2)17(23)24-11)13-8-9-14(12-6-4-3-5-7-12)15(10-13)25-18(19,20)21/h3-11,16H,1-2H3. The normalized spacial score (nSPS) is 20.5. The molecular weight excluding hydrogens is 335 g/mol. The Bertz CT molecular complexity index is 777. The zero-order valence-corrected chi connectivity index (χ0v) is 13.6. The SMILES string of the molecule is CC1OC(=O)N(C)C1c1ccc(-c2ccccc2)c(OC(F)(F)F)c1. The second-order valence-corrected chi connectivity index (χ2v) is 5.81. The van der Waals surface area contributed by atoms with Crippen LogP contribution >= 0.6 is 0 Å².